The molecule has 0 radical (unpaired) electrons. The molecule has 0 aliphatic carbocycles. The van der Waals surface area contributed by atoms with E-state index in [1.165, 1.54) is 5.56 Å². The minimum Gasteiger partial charge on any atom is -0.482 e. The highest BCUT2D eigenvalue weighted by atomic mass is 32.2. The van der Waals surface area contributed by atoms with Crippen molar-refractivity contribution >= 4 is 17.7 Å². The van der Waals surface area contributed by atoms with Gasteiger partial charge in [0.15, 0.2) is 6.61 Å². The van der Waals surface area contributed by atoms with Crippen molar-refractivity contribution in [2.75, 3.05) is 6.61 Å². The van der Waals surface area contributed by atoms with Gasteiger partial charge in [-0.25, -0.2) is 9.78 Å². The first kappa shape index (κ1) is 24.5. The molecule has 0 unspecified atom stereocenters. The van der Waals surface area contributed by atoms with Gasteiger partial charge in [-0.1, -0.05) is 67.2 Å². The number of rotatable bonds is 9. The number of aromatic nitrogens is 1. The van der Waals surface area contributed by atoms with E-state index < -0.39 is 5.97 Å². The SMILES string of the molecule is CCc1ccc(-c2cc(Sc3ccc(OCC(=O)O)c(C)c3)cc(-c3ccc(CO)cc3)n2)cc1. The number of aliphatic hydroxyl groups is 1. The molecule has 178 valence electrons. The van der Waals surface area contributed by atoms with Gasteiger partial charge < -0.3 is 14.9 Å². The van der Waals surface area contributed by atoms with E-state index in [0.717, 1.165) is 49.9 Å². The van der Waals surface area contributed by atoms with Crippen LogP contribution in [-0.4, -0.2) is 27.8 Å². The Morgan fingerprint density at radius 2 is 1.46 bits per heavy atom. The zero-order valence-electron chi connectivity index (χ0n) is 19.7. The number of aryl methyl sites for hydroxylation is 2. The molecule has 0 aliphatic rings. The minimum atomic E-state index is -1.00. The monoisotopic (exact) mass is 485 g/mol. The molecule has 0 saturated carbocycles. The number of hydrogen-bond acceptors (Lipinski definition) is 5. The fourth-order valence-electron chi connectivity index (χ4n) is 3.68. The first-order valence-corrected chi connectivity index (χ1v) is 12.2. The van der Waals surface area contributed by atoms with Crippen LogP contribution in [0.2, 0.25) is 0 Å². The third-order valence-corrected chi connectivity index (χ3v) is 6.58. The van der Waals surface area contributed by atoms with E-state index in [9.17, 15) is 9.90 Å². The first-order chi connectivity index (χ1) is 16.9. The normalized spacial score (nSPS) is 10.8. The summed E-state index contributed by atoms with van der Waals surface area (Å²) in [5.74, 6) is -0.438. The summed E-state index contributed by atoms with van der Waals surface area (Å²) < 4.78 is 5.36. The molecule has 0 fully saturated rings. The maximum atomic E-state index is 10.8. The molecule has 0 saturated heterocycles. The van der Waals surface area contributed by atoms with Gasteiger partial charge in [-0.15, -0.1) is 0 Å². The number of carboxylic acids is 1. The Bertz CT molecular complexity index is 1250. The molecule has 5 nitrogen and oxygen atoms in total. The second-order valence-electron chi connectivity index (χ2n) is 8.19. The van der Waals surface area contributed by atoms with Crippen molar-refractivity contribution in [1.29, 1.82) is 0 Å². The van der Waals surface area contributed by atoms with Crippen LogP contribution in [-0.2, 0) is 17.8 Å². The smallest absolute Gasteiger partial charge is 0.341 e. The Labute approximate surface area is 209 Å². The van der Waals surface area contributed by atoms with Crippen LogP contribution in [0.1, 0.15) is 23.6 Å². The first-order valence-electron chi connectivity index (χ1n) is 11.4. The van der Waals surface area contributed by atoms with E-state index in [-0.39, 0.29) is 13.2 Å². The Morgan fingerprint density at radius 3 is 1.97 bits per heavy atom. The molecular formula is C29H27NO4S. The summed E-state index contributed by atoms with van der Waals surface area (Å²) in [4.78, 5) is 17.8. The molecule has 0 spiro atoms. The molecule has 0 aliphatic heterocycles. The number of ether oxygens (including phenoxy) is 1. The third kappa shape index (κ3) is 6.29. The Morgan fingerprint density at radius 1 is 0.857 bits per heavy atom. The summed E-state index contributed by atoms with van der Waals surface area (Å²) in [6.45, 7) is 3.68. The summed E-state index contributed by atoms with van der Waals surface area (Å²) in [6.07, 6.45) is 0.984. The van der Waals surface area contributed by atoms with Gasteiger partial charge in [0, 0.05) is 20.9 Å². The van der Waals surface area contributed by atoms with Crippen LogP contribution in [0.4, 0.5) is 0 Å². The molecule has 6 heteroatoms. The van der Waals surface area contributed by atoms with Gasteiger partial charge in [0.1, 0.15) is 5.75 Å². The second kappa shape index (κ2) is 11.2. The van der Waals surface area contributed by atoms with E-state index in [4.69, 9.17) is 14.8 Å². The number of pyridine rings is 1. The number of nitrogens with zero attached hydrogens (tertiary/aromatic N) is 1. The molecule has 0 bridgehead atoms. The van der Waals surface area contributed by atoms with Crippen molar-refractivity contribution in [2.45, 2.75) is 36.7 Å². The van der Waals surface area contributed by atoms with E-state index in [0.29, 0.717) is 5.75 Å². The zero-order chi connectivity index (χ0) is 24.8. The fourth-order valence-corrected chi connectivity index (χ4v) is 4.66. The van der Waals surface area contributed by atoms with Crippen molar-refractivity contribution in [1.82, 2.24) is 4.98 Å². The zero-order valence-corrected chi connectivity index (χ0v) is 20.5. The highest BCUT2D eigenvalue weighted by molar-refractivity contribution is 7.99. The van der Waals surface area contributed by atoms with E-state index in [1.54, 1.807) is 17.8 Å². The second-order valence-corrected chi connectivity index (χ2v) is 9.34. The summed E-state index contributed by atoms with van der Waals surface area (Å²) in [5.41, 5.74) is 6.77. The molecule has 1 heterocycles. The maximum absolute atomic E-state index is 10.8. The average Bonchev–Trinajstić information content (AvgIpc) is 2.88. The average molecular weight is 486 g/mol. The fraction of sp³-hybridized carbons (Fsp3) is 0.172. The largest absolute Gasteiger partial charge is 0.482 e. The number of benzene rings is 3. The Hall–Kier alpha value is -3.61. The number of carbonyl (C=O) groups is 1. The van der Waals surface area contributed by atoms with Crippen LogP contribution < -0.4 is 4.74 Å². The number of aliphatic carboxylic acids is 1. The number of carboxylic acid groups (broad SMARTS) is 1. The van der Waals surface area contributed by atoms with Crippen LogP contribution >= 0.6 is 11.8 Å². The lowest BCUT2D eigenvalue weighted by Gasteiger charge is -2.12. The summed E-state index contributed by atoms with van der Waals surface area (Å²) in [7, 11) is 0. The number of hydrogen-bond donors (Lipinski definition) is 2. The predicted molar refractivity (Wildman–Crippen MR) is 139 cm³/mol. The van der Waals surface area contributed by atoms with Crippen LogP contribution in [0.25, 0.3) is 22.5 Å². The summed E-state index contributed by atoms with van der Waals surface area (Å²) in [6, 6.07) is 26.1. The molecule has 35 heavy (non-hydrogen) atoms. The van der Waals surface area contributed by atoms with Gasteiger partial charge in [0.2, 0.25) is 0 Å². The van der Waals surface area contributed by atoms with Crippen LogP contribution in [0.3, 0.4) is 0 Å². The molecule has 0 atom stereocenters. The van der Waals surface area contributed by atoms with Crippen molar-refractivity contribution in [2.24, 2.45) is 0 Å². The van der Waals surface area contributed by atoms with E-state index >= 15 is 0 Å². The lowest BCUT2D eigenvalue weighted by atomic mass is 10.0. The molecular weight excluding hydrogens is 458 g/mol. The topological polar surface area (TPSA) is 79.7 Å². The van der Waals surface area contributed by atoms with Crippen molar-refractivity contribution in [3.05, 3.63) is 95.6 Å². The van der Waals surface area contributed by atoms with Gasteiger partial charge in [0.25, 0.3) is 0 Å². The van der Waals surface area contributed by atoms with Gasteiger partial charge in [-0.05, 0) is 60.4 Å². The standard InChI is InChI=1S/C29H27NO4S/c1-3-20-4-8-22(9-5-20)26-15-25(16-27(30-26)23-10-6-21(17-31)7-11-23)35-24-12-13-28(19(2)14-24)34-18-29(32)33/h4-16,31H,3,17-18H2,1-2H3,(H,32,33). The van der Waals surface area contributed by atoms with Gasteiger partial charge >= 0.3 is 5.97 Å². The molecule has 0 amide bonds. The van der Waals surface area contributed by atoms with Gasteiger partial charge in [-0.2, -0.15) is 0 Å². The van der Waals surface area contributed by atoms with Crippen LogP contribution in [0.5, 0.6) is 5.75 Å². The molecule has 3 aromatic carbocycles. The third-order valence-electron chi connectivity index (χ3n) is 5.62. The molecule has 4 aromatic rings. The van der Waals surface area contributed by atoms with E-state index in [1.807, 2.05) is 43.3 Å². The maximum Gasteiger partial charge on any atom is 0.341 e. The Kier molecular flexibility index (Phi) is 7.85. The Balaban J connectivity index is 1.69. The van der Waals surface area contributed by atoms with Crippen LogP contribution in [0, 0.1) is 6.92 Å². The van der Waals surface area contributed by atoms with Crippen molar-refractivity contribution in [3.8, 4) is 28.3 Å². The van der Waals surface area contributed by atoms with Gasteiger partial charge in [-0.3, -0.25) is 0 Å². The summed E-state index contributed by atoms with van der Waals surface area (Å²) >= 11 is 1.62. The number of aliphatic hydroxyl groups excluding tert-OH is 1. The lowest BCUT2D eigenvalue weighted by Crippen LogP contribution is -2.09. The highest BCUT2D eigenvalue weighted by Gasteiger charge is 2.11. The van der Waals surface area contributed by atoms with Crippen LogP contribution in [0.15, 0.2) is 88.7 Å². The van der Waals surface area contributed by atoms with E-state index in [2.05, 4.69) is 43.3 Å². The minimum absolute atomic E-state index is 0.00412. The lowest BCUT2D eigenvalue weighted by molar-refractivity contribution is -0.139. The van der Waals surface area contributed by atoms with Gasteiger partial charge in [0.05, 0.1) is 18.0 Å². The van der Waals surface area contributed by atoms with Crippen molar-refractivity contribution < 1.29 is 19.7 Å². The quantitative estimate of drug-likeness (QED) is 0.286. The van der Waals surface area contributed by atoms with Crippen molar-refractivity contribution in [3.63, 3.8) is 0 Å². The molecule has 2 N–H and O–H groups in total. The molecule has 1 aromatic heterocycles. The molecule has 4 rings (SSSR count). The predicted octanol–water partition coefficient (Wildman–Crippen LogP) is 6.39. The summed E-state index contributed by atoms with van der Waals surface area (Å²) in [5, 5.41) is 18.3. The highest BCUT2D eigenvalue weighted by Crippen LogP contribution is 2.35.